The van der Waals surface area contributed by atoms with E-state index in [0.29, 0.717) is 5.66 Å². The molecule has 2 aliphatic rings. The summed E-state index contributed by atoms with van der Waals surface area (Å²) < 4.78 is 0. The average Bonchev–Trinajstić information content (AvgIpc) is 2.48. The zero-order chi connectivity index (χ0) is 7.03. The number of rotatable bonds is 0. The Morgan fingerprint density at radius 1 is 1.30 bits per heavy atom. The lowest BCUT2D eigenvalue weighted by Crippen LogP contribution is -2.49. The first-order chi connectivity index (χ1) is 4.83. The smallest absolute Gasteiger partial charge is 0.0710 e. The van der Waals surface area contributed by atoms with E-state index in [9.17, 15) is 0 Å². The molecule has 2 rings (SSSR count). The first-order valence-electron chi connectivity index (χ1n) is 4.30. The van der Waals surface area contributed by atoms with Crippen molar-refractivity contribution in [1.82, 2.24) is 10.2 Å². The molecule has 2 heterocycles. The molecule has 1 atom stereocenters. The minimum Gasteiger partial charge on any atom is -0.299 e. The Kier molecular flexibility index (Phi) is 1.46. The normalized spacial score (nSPS) is 41.7. The molecular weight excluding hydrogens is 124 g/mol. The summed E-state index contributed by atoms with van der Waals surface area (Å²) in [7, 11) is 2.24. The highest BCUT2D eigenvalue weighted by atomic mass is 15.3. The third kappa shape index (κ3) is 0.789. The molecule has 1 unspecified atom stereocenters. The van der Waals surface area contributed by atoms with Crippen molar-refractivity contribution in [2.45, 2.75) is 31.3 Å². The maximum absolute atomic E-state index is 3.61. The number of likely N-dealkylation sites (tertiary alicyclic amines) is 1. The highest BCUT2D eigenvalue weighted by Crippen LogP contribution is 2.32. The van der Waals surface area contributed by atoms with Crippen molar-refractivity contribution >= 4 is 0 Å². The minimum atomic E-state index is 0.431. The maximum Gasteiger partial charge on any atom is 0.0710 e. The molecule has 1 N–H and O–H groups in total. The third-order valence-corrected chi connectivity index (χ3v) is 3.04. The average molecular weight is 140 g/mol. The van der Waals surface area contributed by atoms with E-state index in [1.807, 2.05) is 0 Å². The number of nitrogens with one attached hydrogen (secondary N) is 1. The predicted molar refractivity (Wildman–Crippen MR) is 41.8 cm³/mol. The molecule has 2 fully saturated rings. The summed E-state index contributed by atoms with van der Waals surface area (Å²) in [6.45, 7) is 2.51. The van der Waals surface area contributed by atoms with Crippen LogP contribution in [0.2, 0.25) is 0 Å². The summed E-state index contributed by atoms with van der Waals surface area (Å²) in [6.07, 6.45) is 5.47. The van der Waals surface area contributed by atoms with Gasteiger partial charge in [-0.15, -0.1) is 0 Å². The number of nitrogens with zero attached hydrogens (tertiary/aromatic N) is 1. The Bertz CT molecular complexity index is 122. The Morgan fingerprint density at radius 3 is 2.60 bits per heavy atom. The molecule has 0 bridgehead atoms. The van der Waals surface area contributed by atoms with Crippen molar-refractivity contribution in [3.05, 3.63) is 0 Å². The molecular formula is C8H16N2. The summed E-state index contributed by atoms with van der Waals surface area (Å²) in [5.41, 5.74) is 0.431. The van der Waals surface area contributed by atoms with Crippen LogP contribution in [-0.2, 0) is 0 Å². The van der Waals surface area contributed by atoms with Crippen LogP contribution in [0.1, 0.15) is 25.7 Å². The number of hydrogen-bond donors (Lipinski definition) is 1. The summed E-state index contributed by atoms with van der Waals surface area (Å²) in [5, 5.41) is 3.61. The zero-order valence-corrected chi connectivity index (χ0v) is 6.69. The highest BCUT2D eigenvalue weighted by molar-refractivity contribution is 4.95. The van der Waals surface area contributed by atoms with Gasteiger partial charge >= 0.3 is 0 Å². The van der Waals surface area contributed by atoms with Gasteiger partial charge in [0.2, 0.25) is 0 Å². The summed E-state index contributed by atoms with van der Waals surface area (Å²) in [4.78, 5) is 2.49. The third-order valence-electron chi connectivity index (χ3n) is 3.04. The minimum absolute atomic E-state index is 0.431. The summed E-state index contributed by atoms with van der Waals surface area (Å²) in [5.74, 6) is 0. The molecule has 0 aliphatic carbocycles. The lowest BCUT2D eigenvalue weighted by molar-refractivity contribution is 0.154. The molecule has 0 saturated carbocycles. The van der Waals surface area contributed by atoms with Gasteiger partial charge < -0.3 is 0 Å². The Hall–Kier alpha value is -0.0800. The van der Waals surface area contributed by atoms with Crippen LogP contribution >= 0.6 is 0 Å². The lowest BCUT2D eigenvalue weighted by Gasteiger charge is -2.31. The van der Waals surface area contributed by atoms with E-state index in [1.165, 1.54) is 38.8 Å². The van der Waals surface area contributed by atoms with Crippen molar-refractivity contribution in [3.63, 3.8) is 0 Å². The number of hydrogen-bond acceptors (Lipinski definition) is 2. The van der Waals surface area contributed by atoms with E-state index in [-0.39, 0.29) is 0 Å². The molecule has 0 aromatic rings. The predicted octanol–water partition coefficient (Wildman–Crippen LogP) is 0.792. The van der Waals surface area contributed by atoms with E-state index in [4.69, 9.17) is 0 Å². The van der Waals surface area contributed by atoms with E-state index in [2.05, 4.69) is 17.3 Å². The SMILES string of the molecule is CN1CCCC12CCCN2. The van der Waals surface area contributed by atoms with Crippen LogP contribution in [-0.4, -0.2) is 30.7 Å². The van der Waals surface area contributed by atoms with Gasteiger partial charge in [-0.2, -0.15) is 0 Å². The molecule has 10 heavy (non-hydrogen) atoms. The topological polar surface area (TPSA) is 15.3 Å². The maximum atomic E-state index is 3.61. The van der Waals surface area contributed by atoms with E-state index >= 15 is 0 Å². The van der Waals surface area contributed by atoms with Crippen LogP contribution in [0.5, 0.6) is 0 Å². The largest absolute Gasteiger partial charge is 0.299 e. The Labute approximate surface area is 62.6 Å². The van der Waals surface area contributed by atoms with Gasteiger partial charge in [-0.1, -0.05) is 0 Å². The van der Waals surface area contributed by atoms with Gasteiger partial charge in [0, 0.05) is 0 Å². The van der Waals surface area contributed by atoms with Crippen LogP contribution < -0.4 is 5.32 Å². The Morgan fingerprint density at radius 2 is 2.10 bits per heavy atom. The highest BCUT2D eigenvalue weighted by Gasteiger charge is 2.40. The van der Waals surface area contributed by atoms with Gasteiger partial charge in [0.25, 0.3) is 0 Å². The van der Waals surface area contributed by atoms with Crippen LogP contribution in [0.3, 0.4) is 0 Å². The fourth-order valence-corrected chi connectivity index (χ4v) is 2.34. The fourth-order valence-electron chi connectivity index (χ4n) is 2.34. The molecule has 2 nitrogen and oxygen atoms in total. The van der Waals surface area contributed by atoms with Crippen molar-refractivity contribution in [3.8, 4) is 0 Å². The molecule has 2 aliphatic heterocycles. The molecule has 2 heteroatoms. The van der Waals surface area contributed by atoms with Crippen LogP contribution in [0, 0.1) is 0 Å². The van der Waals surface area contributed by atoms with E-state index < -0.39 is 0 Å². The second-order valence-corrected chi connectivity index (χ2v) is 3.59. The van der Waals surface area contributed by atoms with Crippen molar-refractivity contribution in [2.75, 3.05) is 20.1 Å². The van der Waals surface area contributed by atoms with Gasteiger partial charge in [0.1, 0.15) is 0 Å². The quantitative estimate of drug-likeness (QED) is 0.535. The first kappa shape index (κ1) is 6.62. The zero-order valence-electron chi connectivity index (χ0n) is 6.69. The summed E-state index contributed by atoms with van der Waals surface area (Å²) in [6, 6.07) is 0. The van der Waals surface area contributed by atoms with E-state index in [0.717, 1.165) is 0 Å². The fraction of sp³-hybridized carbons (Fsp3) is 1.00. The molecule has 0 aromatic carbocycles. The van der Waals surface area contributed by atoms with Gasteiger partial charge in [0.05, 0.1) is 5.66 Å². The van der Waals surface area contributed by atoms with Crippen LogP contribution in [0.25, 0.3) is 0 Å². The second kappa shape index (κ2) is 2.21. The van der Waals surface area contributed by atoms with Crippen LogP contribution in [0.15, 0.2) is 0 Å². The molecule has 0 amide bonds. The van der Waals surface area contributed by atoms with Crippen molar-refractivity contribution in [1.29, 1.82) is 0 Å². The molecule has 58 valence electrons. The van der Waals surface area contributed by atoms with Crippen LogP contribution in [0.4, 0.5) is 0 Å². The van der Waals surface area contributed by atoms with Gasteiger partial charge in [-0.25, -0.2) is 0 Å². The van der Waals surface area contributed by atoms with Gasteiger partial charge in [0.15, 0.2) is 0 Å². The molecule has 0 aromatic heterocycles. The van der Waals surface area contributed by atoms with Crippen molar-refractivity contribution in [2.24, 2.45) is 0 Å². The van der Waals surface area contributed by atoms with Crippen molar-refractivity contribution < 1.29 is 0 Å². The standard InChI is InChI=1S/C8H16N2/c1-10-7-3-5-8(10)4-2-6-9-8/h9H,2-7H2,1H3. The van der Waals surface area contributed by atoms with E-state index in [1.54, 1.807) is 0 Å². The van der Waals surface area contributed by atoms with Gasteiger partial charge in [-0.3, -0.25) is 10.2 Å². The Balaban J connectivity index is 2.11. The first-order valence-corrected chi connectivity index (χ1v) is 4.30. The second-order valence-electron chi connectivity index (χ2n) is 3.59. The molecule has 2 saturated heterocycles. The monoisotopic (exact) mass is 140 g/mol. The lowest BCUT2D eigenvalue weighted by atomic mass is 10.1. The molecule has 1 spiro atoms. The summed E-state index contributed by atoms with van der Waals surface area (Å²) >= 11 is 0. The van der Waals surface area contributed by atoms with Gasteiger partial charge in [-0.05, 0) is 45.8 Å². The molecule has 0 radical (unpaired) electrons.